The number of rotatable bonds is 8. The van der Waals surface area contributed by atoms with E-state index in [0.717, 1.165) is 12.8 Å². The Hall–Kier alpha value is -0.530. The number of amides is 1. The van der Waals surface area contributed by atoms with Gasteiger partial charge in [-0.1, -0.05) is 45.4 Å². The van der Waals surface area contributed by atoms with Crippen molar-refractivity contribution in [3.63, 3.8) is 0 Å². The second kappa shape index (κ2) is 8.54. The molecule has 0 saturated heterocycles. The highest BCUT2D eigenvalue weighted by atomic mass is 16.1. The van der Waals surface area contributed by atoms with Crippen LogP contribution in [0.1, 0.15) is 78.1 Å². The molecule has 1 fully saturated rings. The third-order valence-corrected chi connectivity index (χ3v) is 3.85. The van der Waals surface area contributed by atoms with Crippen molar-refractivity contribution in [2.24, 2.45) is 5.92 Å². The average molecular weight is 239 g/mol. The number of hydrogen-bond acceptors (Lipinski definition) is 1. The van der Waals surface area contributed by atoms with E-state index in [9.17, 15) is 4.79 Å². The summed E-state index contributed by atoms with van der Waals surface area (Å²) in [5.41, 5.74) is 0. The van der Waals surface area contributed by atoms with Crippen LogP contribution in [0.2, 0.25) is 0 Å². The summed E-state index contributed by atoms with van der Waals surface area (Å²) in [5.74, 6) is 0.946. The lowest BCUT2D eigenvalue weighted by atomic mass is 10.0. The lowest BCUT2D eigenvalue weighted by molar-refractivity contribution is -0.122. The topological polar surface area (TPSA) is 29.1 Å². The Morgan fingerprint density at radius 1 is 1.24 bits per heavy atom. The summed E-state index contributed by atoms with van der Waals surface area (Å²) in [4.78, 5) is 11.8. The lowest BCUT2D eigenvalue weighted by Gasteiger charge is -2.15. The Bertz CT molecular complexity index is 209. The van der Waals surface area contributed by atoms with Crippen molar-refractivity contribution in [3.8, 4) is 0 Å². The number of nitrogens with one attached hydrogen (secondary N) is 1. The summed E-state index contributed by atoms with van der Waals surface area (Å²) in [6.07, 6.45) is 12.2. The molecule has 0 aromatic carbocycles. The molecule has 0 aromatic heterocycles. The fraction of sp³-hybridized carbons (Fsp3) is 0.933. The minimum Gasteiger partial charge on any atom is -0.354 e. The quantitative estimate of drug-likeness (QED) is 0.636. The zero-order valence-electron chi connectivity index (χ0n) is 11.6. The summed E-state index contributed by atoms with van der Waals surface area (Å²) in [5, 5.41) is 3.14. The van der Waals surface area contributed by atoms with E-state index < -0.39 is 0 Å². The molecule has 2 heteroatoms. The van der Waals surface area contributed by atoms with E-state index in [0.29, 0.717) is 12.0 Å². The first-order chi connectivity index (χ1) is 8.22. The van der Waals surface area contributed by atoms with Crippen LogP contribution in [0, 0.1) is 5.92 Å². The maximum atomic E-state index is 11.8. The Kier molecular flexibility index (Phi) is 7.30. The molecule has 2 nitrogen and oxygen atoms in total. The molecular weight excluding hydrogens is 210 g/mol. The van der Waals surface area contributed by atoms with Gasteiger partial charge in [-0.2, -0.15) is 0 Å². The molecule has 17 heavy (non-hydrogen) atoms. The second-order valence-corrected chi connectivity index (χ2v) is 5.67. The normalized spacial score (nSPS) is 18.2. The predicted octanol–water partition coefficient (Wildman–Crippen LogP) is 4.04. The number of hydrogen-bond donors (Lipinski definition) is 1. The molecule has 1 atom stereocenters. The zero-order chi connectivity index (χ0) is 12.5. The van der Waals surface area contributed by atoms with E-state index >= 15 is 0 Å². The minimum absolute atomic E-state index is 0.278. The van der Waals surface area contributed by atoms with E-state index in [1.165, 1.54) is 51.4 Å². The van der Waals surface area contributed by atoms with Crippen LogP contribution in [0.3, 0.4) is 0 Å². The van der Waals surface area contributed by atoms with Gasteiger partial charge in [0.05, 0.1) is 0 Å². The van der Waals surface area contributed by atoms with Gasteiger partial charge in [-0.15, -0.1) is 0 Å². The molecule has 0 aromatic rings. The average Bonchev–Trinajstić information content (AvgIpc) is 2.77. The molecule has 1 aliphatic carbocycles. The van der Waals surface area contributed by atoms with Crippen LogP contribution in [0.25, 0.3) is 0 Å². The fourth-order valence-corrected chi connectivity index (χ4v) is 2.76. The second-order valence-electron chi connectivity index (χ2n) is 5.67. The van der Waals surface area contributed by atoms with Gasteiger partial charge >= 0.3 is 0 Å². The highest BCUT2D eigenvalue weighted by molar-refractivity contribution is 5.76. The maximum absolute atomic E-state index is 11.8. The van der Waals surface area contributed by atoms with Gasteiger partial charge < -0.3 is 5.32 Å². The smallest absolute Gasteiger partial charge is 0.220 e. The lowest BCUT2D eigenvalue weighted by Crippen LogP contribution is -2.33. The SMILES string of the molecule is CCCCCCC(C)NC(=O)CC1CCCC1. The number of carbonyl (C=O) groups is 1. The largest absolute Gasteiger partial charge is 0.354 e. The first-order valence-electron chi connectivity index (χ1n) is 7.51. The van der Waals surface area contributed by atoms with E-state index in [-0.39, 0.29) is 5.91 Å². The molecule has 1 N–H and O–H groups in total. The third-order valence-electron chi connectivity index (χ3n) is 3.85. The van der Waals surface area contributed by atoms with E-state index in [4.69, 9.17) is 0 Å². The highest BCUT2D eigenvalue weighted by Crippen LogP contribution is 2.27. The molecular formula is C15H29NO. The van der Waals surface area contributed by atoms with Crippen LogP contribution in [0.4, 0.5) is 0 Å². The molecule has 1 unspecified atom stereocenters. The Labute approximate surface area is 107 Å². The van der Waals surface area contributed by atoms with Crippen molar-refractivity contribution >= 4 is 5.91 Å². The molecule has 1 amide bonds. The standard InChI is InChI=1S/C15H29NO/c1-3-4-5-6-9-13(2)16-15(17)12-14-10-7-8-11-14/h13-14H,3-12H2,1-2H3,(H,16,17). The Morgan fingerprint density at radius 2 is 1.94 bits per heavy atom. The molecule has 1 saturated carbocycles. The predicted molar refractivity (Wildman–Crippen MR) is 72.9 cm³/mol. The molecule has 0 aliphatic heterocycles. The summed E-state index contributed by atoms with van der Waals surface area (Å²) in [6.45, 7) is 4.37. The van der Waals surface area contributed by atoms with Gasteiger partial charge in [0.25, 0.3) is 0 Å². The van der Waals surface area contributed by atoms with Crippen molar-refractivity contribution in [1.29, 1.82) is 0 Å². The minimum atomic E-state index is 0.278. The van der Waals surface area contributed by atoms with Crippen LogP contribution < -0.4 is 5.32 Å². The van der Waals surface area contributed by atoms with Crippen LogP contribution >= 0.6 is 0 Å². The first kappa shape index (κ1) is 14.5. The zero-order valence-corrected chi connectivity index (χ0v) is 11.6. The van der Waals surface area contributed by atoms with Gasteiger partial charge in [0, 0.05) is 12.5 Å². The highest BCUT2D eigenvalue weighted by Gasteiger charge is 2.18. The molecule has 0 radical (unpaired) electrons. The van der Waals surface area contributed by atoms with Crippen molar-refractivity contribution in [3.05, 3.63) is 0 Å². The summed E-state index contributed by atoms with van der Waals surface area (Å²) < 4.78 is 0. The van der Waals surface area contributed by atoms with Gasteiger partial charge in [0.2, 0.25) is 5.91 Å². The van der Waals surface area contributed by atoms with Crippen molar-refractivity contribution < 1.29 is 4.79 Å². The maximum Gasteiger partial charge on any atom is 0.220 e. The third kappa shape index (κ3) is 6.70. The number of carbonyl (C=O) groups excluding carboxylic acids is 1. The van der Waals surface area contributed by atoms with Crippen LogP contribution in [0.5, 0.6) is 0 Å². The van der Waals surface area contributed by atoms with Crippen molar-refractivity contribution in [2.75, 3.05) is 0 Å². The van der Waals surface area contributed by atoms with E-state index in [1.807, 2.05) is 0 Å². The van der Waals surface area contributed by atoms with E-state index in [1.54, 1.807) is 0 Å². The number of unbranched alkanes of at least 4 members (excludes halogenated alkanes) is 3. The molecule has 0 heterocycles. The molecule has 0 bridgehead atoms. The fourth-order valence-electron chi connectivity index (χ4n) is 2.76. The van der Waals surface area contributed by atoms with Crippen molar-refractivity contribution in [2.45, 2.75) is 84.1 Å². The molecule has 1 aliphatic rings. The van der Waals surface area contributed by atoms with Crippen molar-refractivity contribution in [1.82, 2.24) is 5.32 Å². The molecule has 1 rings (SSSR count). The summed E-state index contributed by atoms with van der Waals surface area (Å²) >= 11 is 0. The van der Waals surface area contributed by atoms with Gasteiger partial charge in [-0.3, -0.25) is 4.79 Å². The van der Waals surface area contributed by atoms with Crippen LogP contribution in [-0.2, 0) is 4.79 Å². The first-order valence-corrected chi connectivity index (χ1v) is 7.51. The monoisotopic (exact) mass is 239 g/mol. The summed E-state index contributed by atoms with van der Waals surface area (Å²) in [7, 11) is 0. The molecule has 0 spiro atoms. The van der Waals surface area contributed by atoms with Gasteiger partial charge in [-0.05, 0) is 32.1 Å². The van der Waals surface area contributed by atoms with Crippen LogP contribution in [0.15, 0.2) is 0 Å². The molecule has 100 valence electrons. The van der Waals surface area contributed by atoms with E-state index in [2.05, 4.69) is 19.2 Å². The Balaban J connectivity index is 2.03. The Morgan fingerprint density at radius 3 is 2.59 bits per heavy atom. The summed E-state index contributed by atoms with van der Waals surface area (Å²) in [6, 6.07) is 0.362. The van der Waals surface area contributed by atoms with Crippen LogP contribution in [-0.4, -0.2) is 11.9 Å². The van der Waals surface area contributed by atoms with Gasteiger partial charge in [0.1, 0.15) is 0 Å². The van der Waals surface area contributed by atoms with Gasteiger partial charge in [-0.25, -0.2) is 0 Å². The van der Waals surface area contributed by atoms with Gasteiger partial charge in [0.15, 0.2) is 0 Å².